The lowest BCUT2D eigenvalue weighted by molar-refractivity contribution is 1.08. The van der Waals surface area contributed by atoms with Crippen LogP contribution < -0.4 is 0 Å². The first kappa shape index (κ1) is 28.3. The summed E-state index contributed by atoms with van der Waals surface area (Å²) in [6.07, 6.45) is 1.87. The molecular weight excluding hydrogens is 609 g/mol. The summed E-state index contributed by atoms with van der Waals surface area (Å²) in [4.78, 5) is 10.2. The molecule has 0 aliphatic carbocycles. The van der Waals surface area contributed by atoms with Crippen LogP contribution in [0.25, 0.3) is 88.8 Å². The van der Waals surface area contributed by atoms with Crippen LogP contribution in [0.15, 0.2) is 182 Å². The Morgan fingerprint density at radius 3 is 1.84 bits per heavy atom. The number of hydrogen-bond acceptors (Lipinski definition) is 2. The molecule has 0 radical (unpaired) electrons. The summed E-state index contributed by atoms with van der Waals surface area (Å²) in [5.74, 6) is 0.858. The molecular formula is C46H30N4. The maximum atomic E-state index is 5.31. The van der Waals surface area contributed by atoms with Gasteiger partial charge in [-0.1, -0.05) is 109 Å². The molecule has 0 unspecified atom stereocenters. The zero-order valence-corrected chi connectivity index (χ0v) is 27.1. The van der Waals surface area contributed by atoms with Crippen LogP contribution in [0.5, 0.6) is 0 Å². The fraction of sp³-hybridized carbons (Fsp3) is 0. The molecule has 0 saturated heterocycles. The van der Waals surface area contributed by atoms with Gasteiger partial charge >= 0.3 is 0 Å². The number of fused-ring (bicyclic) bond motifs is 6. The van der Waals surface area contributed by atoms with Crippen LogP contribution in [-0.4, -0.2) is 19.1 Å². The average molecular weight is 639 g/mol. The molecule has 4 aromatic heterocycles. The maximum absolute atomic E-state index is 5.31. The minimum absolute atomic E-state index is 0.858. The second-order valence-electron chi connectivity index (χ2n) is 12.7. The minimum atomic E-state index is 0.858. The molecule has 0 atom stereocenters. The molecule has 6 aromatic carbocycles. The Hall–Kier alpha value is -6.78. The average Bonchev–Trinajstić information content (AvgIpc) is 3.71. The van der Waals surface area contributed by atoms with Gasteiger partial charge < -0.3 is 4.57 Å². The summed E-state index contributed by atoms with van der Waals surface area (Å²) in [5.41, 5.74) is 13.2. The highest BCUT2D eigenvalue weighted by Gasteiger charge is 2.18. The predicted molar refractivity (Wildman–Crippen MR) is 207 cm³/mol. The number of hydrogen-bond donors (Lipinski definition) is 0. The van der Waals surface area contributed by atoms with E-state index in [1.54, 1.807) is 0 Å². The Kier molecular flexibility index (Phi) is 6.46. The van der Waals surface area contributed by atoms with Crippen molar-refractivity contribution in [2.45, 2.75) is 0 Å². The van der Waals surface area contributed by atoms with Crippen molar-refractivity contribution < 1.29 is 0 Å². The number of pyridine rings is 2. The lowest BCUT2D eigenvalue weighted by atomic mass is 10.0. The Labute approximate surface area is 289 Å². The highest BCUT2D eigenvalue weighted by molar-refractivity contribution is 6.11. The van der Waals surface area contributed by atoms with Gasteiger partial charge in [0, 0.05) is 33.6 Å². The van der Waals surface area contributed by atoms with Gasteiger partial charge in [-0.25, -0.2) is 4.98 Å². The van der Waals surface area contributed by atoms with Crippen LogP contribution in [0.4, 0.5) is 0 Å². The first-order valence-electron chi connectivity index (χ1n) is 16.9. The Balaban J connectivity index is 1.20. The van der Waals surface area contributed by atoms with Crippen molar-refractivity contribution in [1.29, 1.82) is 0 Å². The lowest BCUT2D eigenvalue weighted by Crippen LogP contribution is -2.00. The molecule has 4 heterocycles. The summed E-state index contributed by atoms with van der Waals surface area (Å²) >= 11 is 0. The maximum Gasteiger partial charge on any atom is 0.138 e. The Morgan fingerprint density at radius 1 is 0.360 bits per heavy atom. The molecule has 4 nitrogen and oxygen atoms in total. The van der Waals surface area contributed by atoms with Crippen molar-refractivity contribution in [1.82, 2.24) is 19.1 Å². The molecule has 0 aliphatic rings. The molecule has 4 heteroatoms. The standard InChI is InChI=1S/C46H30N4/c1-4-13-31(14-5-1)35-28-40(32-15-6-2-7-16-32)48-45(30-35)50-43-21-12-26-47-46(43)38-24-22-34(29-44(38)50)33-23-25-42-39(27-33)37-19-10-11-20-41(37)49(42)36-17-8-3-9-18-36/h1-30H. The quantitative estimate of drug-likeness (QED) is 0.188. The van der Waals surface area contributed by atoms with E-state index in [1.165, 1.54) is 21.8 Å². The highest BCUT2D eigenvalue weighted by Crippen LogP contribution is 2.38. The SMILES string of the molecule is c1ccc(-c2cc(-c3ccccc3)nc(-n3c4cc(-c5ccc6c(c5)c5ccccc5n6-c5ccccc5)ccc4c4ncccc43)c2)cc1. The first-order chi connectivity index (χ1) is 24.8. The summed E-state index contributed by atoms with van der Waals surface area (Å²) in [6.45, 7) is 0. The van der Waals surface area contributed by atoms with Crippen molar-refractivity contribution in [2.24, 2.45) is 0 Å². The second-order valence-corrected chi connectivity index (χ2v) is 12.7. The third kappa shape index (κ3) is 4.54. The molecule has 0 saturated carbocycles. The van der Waals surface area contributed by atoms with Gasteiger partial charge in [-0.05, 0) is 89.0 Å². The number of benzene rings is 6. The molecule has 10 rings (SSSR count). The zero-order chi connectivity index (χ0) is 33.0. The topological polar surface area (TPSA) is 35.6 Å². The largest absolute Gasteiger partial charge is 0.309 e. The molecule has 234 valence electrons. The van der Waals surface area contributed by atoms with Crippen molar-refractivity contribution in [3.63, 3.8) is 0 Å². The van der Waals surface area contributed by atoms with Gasteiger partial charge in [-0.15, -0.1) is 0 Å². The van der Waals surface area contributed by atoms with Crippen LogP contribution in [0.1, 0.15) is 0 Å². The van der Waals surface area contributed by atoms with Crippen LogP contribution in [-0.2, 0) is 0 Å². The first-order valence-corrected chi connectivity index (χ1v) is 16.9. The van der Waals surface area contributed by atoms with Gasteiger partial charge in [-0.3, -0.25) is 9.55 Å². The van der Waals surface area contributed by atoms with Crippen molar-refractivity contribution >= 4 is 43.7 Å². The minimum Gasteiger partial charge on any atom is -0.309 e. The molecule has 50 heavy (non-hydrogen) atoms. The van der Waals surface area contributed by atoms with Gasteiger partial charge in [-0.2, -0.15) is 0 Å². The van der Waals surface area contributed by atoms with E-state index >= 15 is 0 Å². The van der Waals surface area contributed by atoms with Gasteiger partial charge in [0.2, 0.25) is 0 Å². The fourth-order valence-electron chi connectivity index (χ4n) is 7.45. The normalized spacial score (nSPS) is 11.6. The van der Waals surface area contributed by atoms with E-state index in [4.69, 9.17) is 9.97 Å². The van der Waals surface area contributed by atoms with E-state index in [1.807, 2.05) is 18.3 Å². The van der Waals surface area contributed by atoms with Crippen LogP contribution in [0, 0.1) is 0 Å². The number of para-hydroxylation sites is 2. The molecule has 0 N–H and O–H groups in total. The molecule has 0 spiro atoms. The highest BCUT2D eigenvalue weighted by atomic mass is 15.1. The van der Waals surface area contributed by atoms with Gasteiger partial charge in [0.15, 0.2) is 0 Å². The van der Waals surface area contributed by atoms with Crippen LogP contribution in [0.2, 0.25) is 0 Å². The molecule has 0 fully saturated rings. The molecule has 0 aliphatic heterocycles. The second kappa shape index (κ2) is 11.4. The van der Waals surface area contributed by atoms with Crippen molar-refractivity contribution in [3.05, 3.63) is 182 Å². The summed E-state index contributed by atoms with van der Waals surface area (Å²) in [5, 5.41) is 3.57. The number of aromatic nitrogens is 4. The van der Waals surface area contributed by atoms with E-state index in [9.17, 15) is 0 Å². The van der Waals surface area contributed by atoms with Gasteiger partial charge in [0.05, 0.1) is 33.3 Å². The monoisotopic (exact) mass is 638 g/mol. The van der Waals surface area contributed by atoms with Crippen LogP contribution >= 0.6 is 0 Å². The zero-order valence-electron chi connectivity index (χ0n) is 27.1. The summed E-state index contributed by atoms with van der Waals surface area (Å²) in [6, 6.07) is 62.4. The van der Waals surface area contributed by atoms with Gasteiger partial charge in [0.1, 0.15) is 5.82 Å². The Bertz CT molecular complexity index is 2790. The van der Waals surface area contributed by atoms with E-state index < -0.39 is 0 Å². The van der Waals surface area contributed by atoms with Crippen molar-refractivity contribution in [2.75, 3.05) is 0 Å². The van der Waals surface area contributed by atoms with Gasteiger partial charge in [0.25, 0.3) is 0 Å². The number of rotatable bonds is 5. The Morgan fingerprint density at radius 2 is 1.02 bits per heavy atom. The number of nitrogens with zero attached hydrogens (tertiary/aromatic N) is 4. The van der Waals surface area contributed by atoms with E-state index in [-0.39, 0.29) is 0 Å². The van der Waals surface area contributed by atoms with E-state index in [0.29, 0.717) is 0 Å². The van der Waals surface area contributed by atoms with E-state index in [0.717, 1.165) is 67.0 Å². The third-order valence-electron chi connectivity index (χ3n) is 9.76. The van der Waals surface area contributed by atoms with E-state index in [2.05, 4.69) is 173 Å². The molecule has 0 bridgehead atoms. The van der Waals surface area contributed by atoms with Crippen molar-refractivity contribution in [3.8, 4) is 45.0 Å². The van der Waals surface area contributed by atoms with Crippen LogP contribution in [0.3, 0.4) is 0 Å². The predicted octanol–water partition coefficient (Wildman–Crippen LogP) is 11.7. The summed E-state index contributed by atoms with van der Waals surface area (Å²) in [7, 11) is 0. The fourth-order valence-corrected chi connectivity index (χ4v) is 7.45. The molecule has 10 aromatic rings. The lowest BCUT2D eigenvalue weighted by Gasteiger charge is -2.13. The smallest absolute Gasteiger partial charge is 0.138 e. The third-order valence-corrected chi connectivity index (χ3v) is 9.76. The summed E-state index contributed by atoms with van der Waals surface area (Å²) < 4.78 is 4.64. The molecule has 0 amide bonds.